The van der Waals surface area contributed by atoms with E-state index in [1.165, 1.54) is 24.3 Å². The van der Waals surface area contributed by atoms with Crippen LogP contribution in [0.5, 0.6) is 0 Å². The molecule has 8 heterocycles. The van der Waals surface area contributed by atoms with Crippen molar-refractivity contribution in [2.24, 2.45) is 11.8 Å². The predicted octanol–water partition coefficient (Wildman–Crippen LogP) is 6.90. The number of amides is 4. The van der Waals surface area contributed by atoms with Crippen molar-refractivity contribution in [3.05, 3.63) is 141 Å². The number of benzene rings is 4. The Kier molecular flexibility index (Phi) is 11.3. The minimum Gasteiger partial charge on any atom is -0.334 e. The molecule has 4 bridgehead atoms. The van der Waals surface area contributed by atoms with Crippen molar-refractivity contribution in [2.75, 3.05) is 52.4 Å². The Morgan fingerprint density at radius 2 is 0.933 bits per heavy atom. The van der Waals surface area contributed by atoms with Crippen LogP contribution in [-0.2, 0) is 12.8 Å². The highest BCUT2D eigenvalue weighted by atomic mass is 19.1. The molecular formula is C48H50F2N8O2. The molecule has 0 unspecified atom stereocenters. The number of fused-ring (bicyclic) bond motifs is 8. The molecule has 6 fully saturated rings. The van der Waals surface area contributed by atoms with E-state index in [2.05, 4.69) is 32.6 Å². The Labute approximate surface area is 350 Å². The molecule has 4 aromatic rings. The van der Waals surface area contributed by atoms with Crippen LogP contribution in [0, 0.1) is 46.1 Å². The molecule has 12 rings (SSSR count). The normalized spacial score (nSPS) is 27.3. The van der Waals surface area contributed by atoms with Crippen molar-refractivity contribution < 1.29 is 18.4 Å². The highest BCUT2D eigenvalue weighted by molar-refractivity contribution is 5.77. The second-order valence-electron chi connectivity index (χ2n) is 17.2. The van der Waals surface area contributed by atoms with Gasteiger partial charge in [0, 0.05) is 38.3 Å². The highest BCUT2D eigenvalue weighted by Crippen LogP contribution is 2.38. The van der Waals surface area contributed by atoms with E-state index < -0.39 is 0 Å². The summed E-state index contributed by atoms with van der Waals surface area (Å²) < 4.78 is 27.2. The van der Waals surface area contributed by atoms with Crippen LogP contribution in [0.25, 0.3) is 0 Å². The summed E-state index contributed by atoms with van der Waals surface area (Å²) in [5.74, 6) is 0.489. The number of nitrogens with one attached hydrogen (secondary N) is 2. The molecule has 4 amide bonds. The van der Waals surface area contributed by atoms with Gasteiger partial charge in [-0.3, -0.25) is 0 Å². The number of nitrogens with zero attached hydrogens (tertiary/aromatic N) is 6. The number of hydrogen-bond donors (Lipinski definition) is 2. The van der Waals surface area contributed by atoms with Gasteiger partial charge in [0.25, 0.3) is 0 Å². The van der Waals surface area contributed by atoms with Gasteiger partial charge in [0.05, 0.1) is 35.3 Å². The zero-order chi connectivity index (χ0) is 41.3. The van der Waals surface area contributed by atoms with Crippen LogP contribution >= 0.6 is 0 Å². The number of carbonyl (C=O) groups excluding carboxylic acids is 2. The monoisotopic (exact) mass is 808 g/mol. The summed E-state index contributed by atoms with van der Waals surface area (Å²) in [4.78, 5) is 35.4. The second kappa shape index (κ2) is 17.0. The van der Waals surface area contributed by atoms with E-state index in [0.29, 0.717) is 36.1 Å². The van der Waals surface area contributed by atoms with Gasteiger partial charge >= 0.3 is 12.1 Å². The summed E-state index contributed by atoms with van der Waals surface area (Å²) in [5, 5.41) is 25.4. The zero-order valence-electron chi connectivity index (χ0n) is 33.7. The molecule has 4 atom stereocenters. The summed E-state index contributed by atoms with van der Waals surface area (Å²) in [6.07, 6.45) is 6.04. The molecule has 308 valence electrons. The zero-order valence-corrected chi connectivity index (χ0v) is 33.7. The Hall–Kier alpha value is -5.82. The van der Waals surface area contributed by atoms with E-state index >= 15 is 0 Å². The maximum atomic E-state index is 13.6. The summed E-state index contributed by atoms with van der Waals surface area (Å²) in [6, 6.07) is 28.0. The fraction of sp³-hybridized carbons (Fsp3) is 0.417. The van der Waals surface area contributed by atoms with Crippen molar-refractivity contribution in [2.45, 2.75) is 62.7 Å². The van der Waals surface area contributed by atoms with E-state index in [0.717, 1.165) is 111 Å². The van der Waals surface area contributed by atoms with Gasteiger partial charge in [0.2, 0.25) is 0 Å². The fourth-order valence-corrected chi connectivity index (χ4v) is 10.6. The van der Waals surface area contributed by atoms with E-state index in [1.54, 1.807) is 24.3 Å². The quantitative estimate of drug-likeness (QED) is 0.232. The third-order valence-electron chi connectivity index (χ3n) is 13.8. The number of nitriles is 2. The van der Waals surface area contributed by atoms with Crippen LogP contribution in [0.4, 0.5) is 18.4 Å². The van der Waals surface area contributed by atoms with Crippen molar-refractivity contribution >= 4 is 12.1 Å². The van der Waals surface area contributed by atoms with Gasteiger partial charge in [-0.1, -0.05) is 36.4 Å². The first-order chi connectivity index (χ1) is 29.2. The molecule has 8 aliphatic rings. The number of carbonyl (C=O) groups is 2. The number of halogens is 2. The average Bonchev–Trinajstić information content (AvgIpc) is 3.29. The number of rotatable bonds is 4. The Morgan fingerprint density at radius 1 is 0.550 bits per heavy atom. The van der Waals surface area contributed by atoms with E-state index in [-0.39, 0.29) is 47.9 Å². The van der Waals surface area contributed by atoms with Gasteiger partial charge in [-0.05, 0) is 158 Å². The van der Waals surface area contributed by atoms with Gasteiger partial charge < -0.3 is 30.2 Å². The fourth-order valence-electron chi connectivity index (χ4n) is 10.6. The van der Waals surface area contributed by atoms with Crippen LogP contribution in [-0.4, -0.2) is 96.1 Å². The van der Waals surface area contributed by atoms with Gasteiger partial charge in [-0.25, -0.2) is 18.4 Å². The first kappa shape index (κ1) is 39.6. The van der Waals surface area contributed by atoms with Crippen LogP contribution in [0.1, 0.15) is 82.3 Å². The third-order valence-corrected chi connectivity index (χ3v) is 13.8. The maximum absolute atomic E-state index is 13.6. The molecule has 2 N–H and O–H groups in total. The lowest BCUT2D eigenvalue weighted by Crippen LogP contribution is -2.59. The predicted molar refractivity (Wildman–Crippen MR) is 223 cm³/mol. The van der Waals surface area contributed by atoms with Crippen LogP contribution in [0.2, 0.25) is 0 Å². The maximum Gasteiger partial charge on any atom is 0.318 e. The molecule has 4 aromatic carbocycles. The first-order valence-electron chi connectivity index (χ1n) is 21.4. The minimum atomic E-state index is -0.330. The van der Waals surface area contributed by atoms with Crippen molar-refractivity contribution in [1.82, 2.24) is 30.2 Å². The SMILES string of the molecule is N#Cc1ccc2c(c1)[C@@H](c1ccc(F)cc1)N(C(=O)N[C@@H]1CN3CCC1CC3)CC2.N#Cc1ccc2c(c1)[C@H](c1ccc(F)cc1)N(C(=O)N[C@@H]1CN3CCC1CC3)CC2. The summed E-state index contributed by atoms with van der Waals surface area (Å²) >= 11 is 0. The Morgan fingerprint density at radius 3 is 1.27 bits per heavy atom. The highest BCUT2D eigenvalue weighted by Gasteiger charge is 2.40. The van der Waals surface area contributed by atoms with Gasteiger partial charge in [0.1, 0.15) is 11.6 Å². The van der Waals surface area contributed by atoms with E-state index in [1.807, 2.05) is 46.2 Å². The van der Waals surface area contributed by atoms with Gasteiger partial charge in [-0.2, -0.15) is 10.5 Å². The minimum absolute atomic E-state index is 0.0731. The topological polar surface area (TPSA) is 119 Å². The summed E-state index contributed by atoms with van der Waals surface area (Å²) in [7, 11) is 0. The van der Waals surface area contributed by atoms with Crippen LogP contribution < -0.4 is 10.6 Å². The van der Waals surface area contributed by atoms with Gasteiger partial charge in [-0.15, -0.1) is 0 Å². The second-order valence-corrected chi connectivity index (χ2v) is 17.2. The number of urea groups is 2. The van der Waals surface area contributed by atoms with Gasteiger partial charge in [0.15, 0.2) is 0 Å². The molecule has 0 saturated carbocycles. The number of hydrogen-bond acceptors (Lipinski definition) is 6. The largest absolute Gasteiger partial charge is 0.334 e. The molecule has 0 aromatic heterocycles. The van der Waals surface area contributed by atoms with Crippen LogP contribution in [0.15, 0.2) is 84.9 Å². The molecule has 0 radical (unpaired) electrons. The molecule has 8 aliphatic heterocycles. The smallest absolute Gasteiger partial charge is 0.318 e. The average molecular weight is 809 g/mol. The molecule has 12 heteroatoms. The standard InChI is InChI=1S/2C24H25FN4O/c2*25-20-5-3-19(4-6-20)23-21-13-16(14-26)1-2-17(21)9-12-29(23)24(30)27-22-15-28-10-7-18(22)8-11-28/h2*1-6,13,18,22-23H,7-12,15H2,(H,27,30)/t22-,23+;22-,23-/m11/s1. The third kappa shape index (κ3) is 8.07. The Bertz CT molecular complexity index is 2150. The summed E-state index contributed by atoms with van der Waals surface area (Å²) in [5.41, 5.74) is 7.03. The molecule has 60 heavy (non-hydrogen) atoms. The molecule has 0 aliphatic carbocycles. The lowest BCUT2D eigenvalue weighted by Gasteiger charge is -2.46. The van der Waals surface area contributed by atoms with E-state index in [9.17, 15) is 28.9 Å². The van der Waals surface area contributed by atoms with Crippen molar-refractivity contribution in [3.63, 3.8) is 0 Å². The Balaban J connectivity index is 0.000000154. The van der Waals surface area contributed by atoms with Crippen molar-refractivity contribution in [3.8, 4) is 12.1 Å². The molecule has 0 spiro atoms. The number of piperidine rings is 6. The molecule has 6 saturated heterocycles. The first-order valence-corrected chi connectivity index (χ1v) is 21.4. The lowest BCUT2D eigenvalue weighted by atomic mass is 9.84. The van der Waals surface area contributed by atoms with Crippen LogP contribution in [0.3, 0.4) is 0 Å². The molecule has 10 nitrogen and oxygen atoms in total. The molecular weight excluding hydrogens is 759 g/mol. The van der Waals surface area contributed by atoms with E-state index in [4.69, 9.17) is 0 Å². The summed E-state index contributed by atoms with van der Waals surface area (Å²) in [6.45, 7) is 7.53. The van der Waals surface area contributed by atoms with Crippen molar-refractivity contribution in [1.29, 1.82) is 10.5 Å². The lowest BCUT2D eigenvalue weighted by molar-refractivity contribution is 0.0714.